The topological polar surface area (TPSA) is 146 Å². The van der Waals surface area contributed by atoms with E-state index in [2.05, 4.69) is 60.4 Å². The van der Waals surface area contributed by atoms with E-state index in [1.165, 1.54) is 14.0 Å². The lowest BCUT2D eigenvalue weighted by molar-refractivity contribution is -0.170. The summed E-state index contributed by atoms with van der Waals surface area (Å²) in [5.74, 6) is -0.735. The average molecular weight is 595 g/mol. The van der Waals surface area contributed by atoms with Crippen LogP contribution in [0, 0.1) is 5.41 Å². The molecule has 2 N–H and O–H groups in total. The molecule has 1 heterocycles. The Bertz CT molecular complexity index is 1320. The minimum Gasteiger partial charge on any atom is -0.469 e. The molecule has 2 aliphatic rings. The summed E-state index contributed by atoms with van der Waals surface area (Å²) in [7, 11) is -1.85. The molecule has 4 rings (SSSR count). The Morgan fingerprint density at radius 3 is 1.95 bits per heavy atom. The third-order valence-corrected chi connectivity index (χ3v) is 15.5. The van der Waals surface area contributed by atoms with Crippen LogP contribution in [0.15, 0.2) is 65.8 Å². The quantitative estimate of drug-likeness (QED) is 0.122. The number of aliphatic hydroxyl groups is 1. The molecule has 1 unspecified atom stereocenters. The summed E-state index contributed by atoms with van der Waals surface area (Å²) in [6.45, 7) is 13.2. The van der Waals surface area contributed by atoms with Gasteiger partial charge in [0.2, 0.25) is 0 Å². The molecule has 42 heavy (non-hydrogen) atoms. The van der Waals surface area contributed by atoms with Gasteiger partial charge in [0.1, 0.15) is 30.3 Å². The predicted octanol–water partition coefficient (Wildman–Crippen LogP) is 4.31. The molecule has 0 radical (unpaired) electrons. The van der Waals surface area contributed by atoms with Gasteiger partial charge in [-0.2, -0.15) is 0 Å². The first-order valence-electron chi connectivity index (χ1n) is 14.1. The number of benzene rings is 2. The van der Waals surface area contributed by atoms with E-state index in [4.69, 9.17) is 14.2 Å². The summed E-state index contributed by atoms with van der Waals surface area (Å²) >= 11 is 0. The van der Waals surface area contributed by atoms with Crippen LogP contribution in [-0.4, -0.2) is 67.8 Å². The molecule has 1 amide bonds. The molecule has 2 fully saturated rings. The van der Waals surface area contributed by atoms with Crippen molar-refractivity contribution < 1.29 is 28.9 Å². The van der Waals surface area contributed by atoms with E-state index in [0.29, 0.717) is 0 Å². The van der Waals surface area contributed by atoms with Gasteiger partial charge in [-0.15, -0.1) is 0 Å². The number of ether oxygens (including phenoxy) is 3. The number of nitrogens with zero attached hydrogens (tertiary/aromatic N) is 3. The van der Waals surface area contributed by atoms with Gasteiger partial charge in [0.15, 0.2) is 0 Å². The van der Waals surface area contributed by atoms with Crippen molar-refractivity contribution >= 4 is 30.5 Å². The van der Waals surface area contributed by atoms with Gasteiger partial charge in [-0.25, -0.2) is 4.79 Å². The molecule has 0 bridgehead atoms. The van der Waals surface area contributed by atoms with Crippen LogP contribution in [0.1, 0.15) is 48.5 Å². The Morgan fingerprint density at radius 1 is 1.07 bits per heavy atom. The van der Waals surface area contributed by atoms with Crippen LogP contribution in [0.3, 0.4) is 0 Å². The number of hydrogen-bond donors (Lipinski definition) is 2. The number of epoxide rings is 1. The first-order valence-corrected chi connectivity index (χ1v) is 16.3. The minimum atomic E-state index is -3.11. The van der Waals surface area contributed by atoms with Crippen LogP contribution in [0.25, 0.3) is 10.4 Å². The number of amides is 1. The van der Waals surface area contributed by atoms with Crippen LogP contribution in [0.5, 0.6) is 0 Å². The zero-order chi connectivity index (χ0) is 31.2. The molecular formula is C31H42N4O6Si. The molecule has 1 aliphatic heterocycles. The van der Waals surface area contributed by atoms with Crippen molar-refractivity contribution in [3.05, 3.63) is 71.1 Å². The molecule has 1 saturated carbocycles. The lowest BCUT2D eigenvalue weighted by Gasteiger charge is -2.51. The Hall–Kier alpha value is -3.37. The Morgan fingerprint density at radius 2 is 1.57 bits per heavy atom. The second-order valence-corrected chi connectivity index (χ2v) is 18.4. The van der Waals surface area contributed by atoms with Crippen molar-refractivity contribution in [1.29, 1.82) is 0 Å². The van der Waals surface area contributed by atoms with E-state index in [-0.39, 0.29) is 12.7 Å². The number of carbonyl (C=O) groups excluding carboxylic acids is 2. The van der Waals surface area contributed by atoms with Gasteiger partial charge in [-0.3, -0.25) is 4.79 Å². The van der Waals surface area contributed by atoms with Gasteiger partial charge in [-0.1, -0.05) is 96.9 Å². The van der Waals surface area contributed by atoms with Gasteiger partial charge in [-0.05, 0) is 44.3 Å². The highest BCUT2D eigenvalue weighted by atomic mass is 28.3. The van der Waals surface area contributed by atoms with E-state index in [1.54, 1.807) is 20.8 Å². The van der Waals surface area contributed by atoms with E-state index in [0.717, 1.165) is 10.4 Å². The number of azide groups is 1. The number of methoxy groups -OCH3 is 1. The summed E-state index contributed by atoms with van der Waals surface area (Å²) in [6, 6.07) is 17.7. The van der Waals surface area contributed by atoms with Gasteiger partial charge in [0.05, 0.1) is 25.8 Å². The van der Waals surface area contributed by atoms with E-state index in [1.807, 2.05) is 36.4 Å². The molecule has 1 spiro atoms. The van der Waals surface area contributed by atoms with Gasteiger partial charge in [0, 0.05) is 4.91 Å². The number of hydrogen-bond acceptors (Lipinski definition) is 7. The zero-order valence-electron chi connectivity index (χ0n) is 25.7. The molecule has 2 aromatic carbocycles. The second kappa shape index (κ2) is 10.7. The third-order valence-electron chi connectivity index (χ3n) is 9.23. The monoisotopic (exact) mass is 594 g/mol. The van der Waals surface area contributed by atoms with Crippen molar-refractivity contribution in [3.63, 3.8) is 0 Å². The maximum Gasteiger partial charge on any atom is 0.407 e. The Balaban J connectivity index is 2.05. The van der Waals surface area contributed by atoms with Crippen molar-refractivity contribution in [2.75, 3.05) is 13.7 Å². The average Bonchev–Trinajstić information content (AvgIpc) is 3.71. The fourth-order valence-electron chi connectivity index (χ4n) is 7.11. The smallest absolute Gasteiger partial charge is 0.407 e. The number of carbonyl (C=O) groups is 2. The fourth-order valence-corrected chi connectivity index (χ4v) is 13.2. The zero-order valence-corrected chi connectivity index (χ0v) is 26.7. The molecule has 2 aromatic rings. The number of alkyl carbamates (subject to hydrolysis) is 1. The number of nitrogens with one attached hydrogen (secondary N) is 1. The SMILES string of the molecule is COC(=O)[C@@]1(C[Si](c2ccccc2)(c2ccccc2)C(C)(C)C)C(N=[N+]=[N-])[C@H](NC(=O)OC(C)(C)C)[C@]2(CO2)[C@]1(C)O. The normalized spacial score (nSPS) is 29.0. The number of esters is 1. The van der Waals surface area contributed by atoms with Gasteiger partial charge >= 0.3 is 12.1 Å². The molecule has 11 heteroatoms. The molecule has 226 valence electrons. The van der Waals surface area contributed by atoms with E-state index in [9.17, 15) is 20.2 Å². The summed E-state index contributed by atoms with van der Waals surface area (Å²) in [5, 5.41) is 21.3. The van der Waals surface area contributed by atoms with Gasteiger partial charge < -0.3 is 24.6 Å². The number of rotatable bonds is 7. The maximum atomic E-state index is 14.3. The van der Waals surface area contributed by atoms with Crippen LogP contribution in [0.4, 0.5) is 4.79 Å². The third kappa shape index (κ3) is 4.78. The summed E-state index contributed by atoms with van der Waals surface area (Å²) in [5.41, 5.74) is 3.90. The van der Waals surface area contributed by atoms with E-state index >= 15 is 0 Å². The molecule has 10 nitrogen and oxygen atoms in total. The summed E-state index contributed by atoms with van der Waals surface area (Å²) in [6.07, 6.45) is -0.776. The first-order chi connectivity index (χ1) is 19.5. The summed E-state index contributed by atoms with van der Waals surface area (Å²) < 4.78 is 17.0. The first kappa shape index (κ1) is 31.6. The maximum absolute atomic E-state index is 14.3. The Kier molecular flexibility index (Phi) is 8.05. The molecule has 5 atom stereocenters. The van der Waals surface area contributed by atoms with Crippen LogP contribution >= 0.6 is 0 Å². The van der Waals surface area contributed by atoms with Crippen LogP contribution in [-0.2, 0) is 19.0 Å². The fraction of sp³-hybridized carbons (Fsp3) is 0.548. The highest BCUT2D eigenvalue weighted by Gasteiger charge is 2.84. The van der Waals surface area contributed by atoms with Crippen molar-refractivity contribution in [3.8, 4) is 0 Å². The minimum absolute atomic E-state index is 0.0391. The lowest BCUT2D eigenvalue weighted by atomic mass is 9.72. The lowest BCUT2D eigenvalue weighted by Crippen LogP contribution is -2.70. The van der Waals surface area contributed by atoms with Crippen molar-refractivity contribution in [2.24, 2.45) is 10.5 Å². The van der Waals surface area contributed by atoms with Crippen LogP contribution < -0.4 is 15.7 Å². The molecule has 0 aromatic heterocycles. The highest BCUT2D eigenvalue weighted by Crippen LogP contribution is 2.65. The Labute approximate surface area is 248 Å². The van der Waals surface area contributed by atoms with Crippen LogP contribution in [0.2, 0.25) is 11.1 Å². The molecular weight excluding hydrogens is 552 g/mol. The summed E-state index contributed by atoms with van der Waals surface area (Å²) in [4.78, 5) is 30.6. The van der Waals surface area contributed by atoms with Gasteiger partial charge in [0.25, 0.3) is 0 Å². The standard InChI is InChI=1S/C31H42N4O6Si/c1-27(2,3)41-26(37)33-24-23(34-35-32)30(25(36)39-8,29(7,38)31(24)19-40-31)20-42(28(4,5)6,21-15-11-9-12-16-21)22-17-13-10-14-18-22/h9-18,23-24,38H,19-20H2,1-8H3,(H,33,37)/t23?,24-,29+,30+,31+/m0/s1. The molecule has 1 saturated heterocycles. The largest absolute Gasteiger partial charge is 0.469 e. The van der Waals surface area contributed by atoms with Crippen molar-refractivity contribution in [1.82, 2.24) is 5.32 Å². The second-order valence-electron chi connectivity index (χ2n) is 13.6. The van der Waals surface area contributed by atoms with Crippen molar-refractivity contribution in [2.45, 2.75) is 88.4 Å². The predicted molar refractivity (Wildman–Crippen MR) is 162 cm³/mol. The molecule has 1 aliphatic carbocycles. The highest BCUT2D eigenvalue weighted by molar-refractivity contribution is 7.04. The van der Waals surface area contributed by atoms with E-state index < -0.39 is 59.5 Å².